The fraction of sp³-hybridized carbons (Fsp3) is 0.150. The average Bonchev–Trinajstić information content (AvgIpc) is 3.13. The highest BCUT2D eigenvalue weighted by Crippen LogP contribution is 2.35. The molecule has 3 heterocycles. The molecule has 0 aliphatic carbocycles. The zero-order valence-electron chi connectivity index (χ0n) is 14.7. The van der Waals surface area contributed by atoms with Crippen LogP contribution in [0.3, 0.4) is 0 Å². The van der Waals surface area contributed by atoms with Crippen molar-refractivity contribution in [3.63, 3.8) is 0 Å². The number of H-pyrrole nitrogens is 1. The Morgan fingerprint density at radius 1 is 1.22 bits per heavy atom. The maximum absolute atomic E-state index is 6.15. The number of aromatic amines is 1. The van der Waals surface area contributed by atoms with Crippen molar-refractivity contribution in [2.24, 2.45) is 0 Å². The summed E-state index contributed by atoms with van der Waals surface area (Å²) in [7, 11) is 0. The van der Waals surface area contributed by atoms with E-state index in [0.717, 1.165) is 41.1 Å². The summed E-state index contributed by atoms with van der Waals surface area (Å²) in [4.78, 5) is 11.5. The van der Waals surface area contributed by atoms with Gasteiger partial charge in [-0.15, -0.1) is 0 Å². The molecule has 4 rings (SSSR count). The van der Waals surface area contributed by atoms with E-state index in [1.807, 2.05) is 18.2 Å². The molecule has 0 fully saturated rings. The van der Waals surface area contributed by atoms with Gasteiger partial charge in [-0.25, -0.2) is 0 Å². The second-order valence-electron chi connectivity index (χ2n) is 6.14. The van der Waals surface area contributed by atoms with Crippen molar-refractivity contribution in [2.75, 3.05) is 23.3 Å². The molecule has 0 saturated carbocycles. The molecule has 0 atom stereocenters. The van der Waals surface area contributed by atoms with Crippen molar-refractivity contribution in [3.8, 4) is 0 Å². The maximum atomic E-state index is 6.15. The van der Waals surface area contributed by atoms with Crippen molar-refractivity contribution in [1.29, 1.82) is 0 Å². The van der Waals surface area contributed by atoms with Gasteiger partial charge in [-0.05, 0) is 17.7 Å². The van der Waals surface area contributed by atoms with Gasteiger partial charge in [-0.1, -0.05) is 55.1 Å². The lowest BCUT2D eigenvalue weighted by Gasteiger charge is -2.28. The molecule has 0 saturated heterocycles. The first kappa shape index (κ1) is 17.3. The van der Waals surface area contributed by atoms with E-state index in [2.05, 4.69) is 50.7 Å². The van der Waals surface area contributed by atoms with Crippen molar-refractivity contribution in [1.82, 2.24) is 20.2 Å². The fourth-order valence-corrected chi connectivity index (χ4v) is 3.31. The van der Waals surface area contributed by atoms with Gasteiger partial charge in [0.1, 0.15) is 5.82 Å². The monoisotopic (exact) mass is 378 g/mol. The number of nitrogens with one attached hydrogen (secondary N) is 2. The van der Waals surface area contributed by atoms with Gasteiger partial charge in [0, 0.05) is 30.2 Å². The van der Waals surface area contributed by atoms with Crippen LogP contribution in [0.2, 0.25) is 0 Å². The van der Waals surface area contributed by atoms with Crippen molar-refractivity contribution in [3.05, 3.63) is 71.9 Å². The van der Waals surface area contributed by atoms with Gasteiger partial charge in [0.2, 0.25) is 5.95 Å². The predicted octanol–water partition coefficient (Wildman–Crippen LogP) is 4.32. The number of hydrogen-bond donors (Lipinski definition) is 2. The summed E-state index contributed by atoms with van der Waals surface area (Å²) in [6.07, 6.45) is 4.15. The van der Waals surface area contributed by atoms with Crippen LogP contribution in [0, 0.1) is 0 Å². The first-order chi connectivity index (χ1) is 13.2. The number of aromatic nitrogens is 4. The summed E-state index contributed by atoms with van der Waals surface area (Å²) < 4.78 is 0. The number of hydrogen-bond acceptors (Lipinski definition) is 5. The minimum absolute atomic E-state index is 0.446. The Labute approximate surface area is 162 Å². The number of nitrogens with zero attached hydrogens (tertiary/aromatic N) is 4. The Bertz CT molecular complexity index is 1040. The molecule has 0 radical (unpaired) electrons. The van der Waals surface area contributed by atoms with E-state index in [0.29, 0.717) is 23.2 Å². The SMILES string of the molecule is C=C/C(Cl)=C(\C=C)CNc1nc2c3c([nH]nc3n1)CCN2c1ccccc1. The molecule has 1 aliphatic heterocycles. The second kappa shape index (κ2) is 7.25. The lowest BCUT2D eigenvalue weighted by molar-refractivity contribution is 0.850. The number of rotatable bonds is 6. The quantitative estimate of drug-likeness (QED) is 0.625. The summed E-state index contributed by atoms with van der Waals surface area (Å²) in [5, 5.41) is 12.2. The normalized spacial score (nSPS) is 14.0. The molecule has 0 spiro atoms. The molecule has 7 heteroatoms. The van der Waals surface area contributed by atoms with E-state index in [9.17, 15) is 0 Å². The molecule has 0 bridgehead atoms. The summed E-state index contributed by atoms with van der Waals surface area (Å²) in [5.41, 5.74) is 3.64. The third kappa shape index (κ3) is 3.19. The van der Waals surface area contributed by atoms with E-state index in [1.165, 1.54) is 0 Å². The lowest BCUT2D eigenvalue weighted by Crippen LogP contribution is -2.25. The van der Waals surface area contributed by atoms with Crippen LogP contribution in [0.4, 0.5) is 17.5 Å². The van der Waals surface area contributed by atoms with Gasteiger partial charge < -0.3 is 10.2 Å². The van der Waals surface area contributed by atoms with Gasteiger partial charge in [0.05, 0.1) is 11.1 Å². The summed E-state index contributed by atoms with van der Waals surface area (Å²) in [5.74, 6) is 1.34. The van der Waals surface area contributed by atoms with E-state index >= 15 is 0 Å². The molecule has 1 aliphatic rings. The van der Waals surface area contributed by atoms with Crippen LogP contribution in [-0.4, -0.2) is 33.3 Å². The zero-order chi connectivity index (χ0) is 18.8. The Morgan fingerprint density at radius 3 is 2.78 bits per heavy atom. The van der Waals surface area contributed by atoms with E-state index in [4.69, 9.17) is 16.6 Å². The van der Waals surface area contributed by atoms with Crippen LogP contribution in [-0.2, 0) is 6.42 Å². The van der Waals surface area contributed by atoms with Gasteiger partial charge in [0.15, 0.2) is 5.65 Å². The Balaban J connectivity index is 1.73. The molecular formula is C20H19ClN6. The number of benzene rings is 1. The zero-order valence-corrected chi connectivity index (χ0v) is 15.5. The third-order valence-corrected chi connectivity index (χ3v) is 4.94. The minimum Gasteiger partial charge on any atom is -0.350 e. The Hall–Kier alpha value is -3.12. The molecule has 3 aromatic rings. The molecule has 0 unspecified atom stereocenters. The van der Waals surface area contributed by atoms with E-state index < -0.39 is 0 Å². The molecule has 1 aromatic carbocycles. The van der Waals surface area contributed by atoms with Gasteiger partial charge in [0.25, 0.3) is 0 Å². The smallest absolute Gasteiger partial charge is 0.227 e. The molecule has 136 valence electrons. The maximum Gasteiger partial charge on any atom is 0.227 e. The van der Waals surface area contributed by atoms with Gasteiger partial charge in [-0.2, -0.15) is 15.1 Å². The molecule has 2 aromatic heterocycles. The van der Waals surface area contributed by atoms with Gasteiger partial charge in [-0.3, -0.25) is 5.10 Å². The fourth-order valence-electron chi connectivity index (χ4n) is 3.17. The van der Waals surface area contributed by atoms with Crippen LogP contribution in [0.1, 0.15) is 5.69 Å². The molecule has 27 heavy (non-hydrogen) atoms. The standard InChI is InChI=1S/C20H19ClN6/c1-3-13(15(21)4-2)12-22-20-23-18-17-16(25-26-18)10-11-27(19(17)24-20)14-8-6-5-7-9-14/h3-9H,1-2,10-12H2,(H2,22,23,24,25,26)/b15-13-. The van der Waals surface area contributed by atoms with Crippen LogP contribution in [0.25, 0.3) is 11.0 Å². The largest absolute Gasteiger partial charge is 0.350 e. The highest BCUT2D eigenvalue weighted by Gasteiger charge is 2.25. The van der Waals surface area contributed by atoms with Crippen LogP contribution < -0.4 is 10.2 Å². The first-order valence-corrected chi connectivity index (χ1v) is 9.04. The Morgan fingerprint density at radius 2 is 2.04 bits per heavy atom. The topological polar surface area (TPSA) is 69.7 Å². The third-order valence-electron chi connectivity index (χ3n) is 4.55. The summed E-state index contributed by atoms with van der Waals surface area (Å²) in [6, 6.07) is 10.2. The van der Waals surface area contributed by atoms with Crippen LogP contribution in [0.15, 0.2) is 66.2 Å². The number of allylic oxidation sites excluding steroid dienone is 2. The minimum atomic E-state index is 0.446. The highest BCUT2D eigenvalue weighted by atomic mass is 35.5. The molecule has 2 N–H and O–H groups in total. The summed E-state index contributed by atoms with van der Waals surface area (Å²) in [6.45, 7) is 8.75. The summed E-state index contributed by atoms with van der Waals surface area (Å²) >= 11 is 6.15. The second-order valence-corrected chi connectivity index (χ2v) is 6.55. The number of anilines is 3. The molecular weight excluding hydrogens is 360 g/mol. The van der Waals surface area contributed by atoms with Gasteiger partial charge >= 0.3 is 0 Å². The number of para-hydroxylation sites is 1. The average molecular weight is 379 g/mol. The van der Waals surface area contributed by atoms with Crippen LogP contribution >= 0.6 is 11.6 Å². The predicted molar refractivity (Wildman–Crippen MR) is 111 cm³/mol. The van der Waals surface area contributed by atoms with Crippen molar-refractivity contribution >= 4 is 40.1 Å². The first-order valence-electron chi connectivity index (χ1n) is 8.66. The van der Waals surface area contributed by atoms with E-state index in [-0.39, 0.29) is 0 Å². The van der Waals surface area contributed by atoms with Crippen LogP contribution in [0.5, 0.6) is 0 Å². The molecule has 6 nitrogen and oxygen atoms in total. The lowest BCUT2D eigenvalue weighted by atomic mass is 10.1. The molecule has 0 amide bonds. The van der Waals surface area contributed by atoms with Crippen molar-refractivity contribution < 1.29 is 0 Å². The highest BCUT2D eigenvalue weighted by molar-refractivity contribution is 6.31. The number of halogens is 1. The van der Waals surface area contributed by atoms with E-state index in [1.54, 1.807) is 12.2 Å². The Kier molecular flexibility index (Phi) is 4.64. The van der Waals surface area contributed by atoms with Crippen molar-refractivity contribution in [2.45, 2.75) is 6.42 Å².